The molecule has 1 saturated carbocycles. The van der Waals surface area contributed by atoms with Crippen molar-refractivity contribution in [3.05, 3.63) is 30.3 Å². The van der Waals surface area contributed by atoms with E-state index in [1.54, 1.807) is 0 Å². The Kier molecular flexibility index (Phi) is 4.40. The predicted octanol–water partition coefficient (Wildman–Crippen LogP) is 3.71. The number of carbonyl (C=O) groups excluding carboxylic acids is 1. The van der Waals surface area contributed by atoms with E-state index in [4.69, 9.17) is 4.74 Å². The van der Waals surface area contributed by atoms with Crippen LogP contribution >= 0.6 is 0 Å². The Morgan fingerprint density at radius 2 is 1.89 bits per heavy atom. The Labute approximate surface area is 109 Å². The van der Waals surface area contributed by atoms with Crippen LogP contribution in [0.4, 0.5) is 0 Å². The van der Waals surface area contributed by atoms with E-state index in [9.17, 15) is 4.79 Å². The molecule has 1 aromatic carbocycles. The summed E-state index contributed by atoms with van der Waals surface area (Å²) in [5.41, 5.74) is 0. The zero-order valence-corrected chi connectivity index (χ0v) is 11.3. The first-order valence-electron chi connectivity index (χ1n) is 6.87. The standard InChI is InChI=1S/C16H22O2/c1-12-8-9-14(10-13(12)2)16(17)11-18-15-6-4-3-5-7-15/h3-7,12-14H,8-11H2,1-2H3. The third kappa shape index (κ3) is 3.34. The van der Waals surface area contributed by atoms with Crippen LogP contribution in [-0.2, 0) is 4.79 Å². The summed E-state index contributed by atoms with van der Waals surface area (Å²) in [7, 11) is 0. The van der Waals surface area contributed by atoms with E-state index in [0.29, 0.717) is 5.92 Å². The SMILES string of the molecule is CC1CCC(C(=O)COc2ccccc2)CC1C. The molecule has 3 unspecified atom stereocenters. The molecule has 3 atom stereocenters. The second kappa shape index (κ2) is 6.03. The van der Waals surface area contributed by atoms with Crippen molar-refractivity contribution >= 4 is 5.78 Å². The van der Waals surface area contributed by atoms with E-state index < -0.39 is 0 Å². The van der Waals surface area contributed by atoms with Crippen LogP contribution < -0.4 is 4.74 Å². The fourth-order valence-electron chi connectivity index (χ4n) is 2.63. The van der Waals surface area contributed by atoms with Crippen LogP contribution in [0.15, 0.2) is 30.3 Å². The fraction of sp³-hybridized carbons (Fsp3) is 0.562. The third-order valence-corrected chi connectivity index (χ3v) is 4.18. The van der Waals surface area contributed by atoms with Crippen LogP contribution in [0.3, 0.4) is 0 Å². The molecule has 2 nitrogen and oxygen atoms in total. The molecular formula is C16H22O2. The number of ketones is 1. The summed E-state index contributed by atoms with van der Waals surface area (Å²) in [6, 6.07) is 9.56. The summed E-state index contributed by atoms with van der Waals surface area (Å²) in [5, 5.41) is 0. The lowest BCUT2D eigenvalue weighted by molar-refractivity contribution is -0.126. The highest BCUT2D eigenvalue weighted by molar-refractivity contribution is 5.82. The quantitative estimate of drug-likeness (QED) is 0.809. The minimum atomic E-state index is 0.208. The van der Waals surface area contributed by atoms with E-state index in [1.165, 1.54) is 6.42 Å². The van der Waals surface area contributed by atoms with Crippen molar-refractivity contribution in [1.29, 1.82) is 0 Å². The molecule has 0 radical (unpaired) electrons. The molecule has 0 N–H and O–H groups in total. The van der Waals surface area contributed by atoms with Crippen molar-refractivity contribution in [2.45, 2.75) is 33.1 Å². The van der Waals surface area contributed by atoms with Gasteiger partial charge in [-0.2, -0.15) is 0 Å². The Balaban J connectivity index is 1.82. The highest BCUT2D eigenvalue weighted by Crippen LogP contribution is 2.33. The summed E-state index contributed by atoms with van der Waals surface area (Å²) < 4.78 is 5.53. The highest BCUT2D eigenvalue weighted by Gasteiger charge is 2.29. The Morgan fingerprint density at radius 1 is 1.17 bits per heavy atom. The molecule has 1 aliphatic carbocycles. The lowest BCUT2D eigenvalue weighted by Crippen LogP contribution is -2.29. The molecule has 98 valence electrons. The first-order chi connectivity index (χ1) is 8.66. The van der Waals surface area contributed by atoms with Gasteiger partial charge in [-0.1, -0.05) is 32.0 Å². The van der Waals surface area contributed by atoms with Gasteiger partial charge < -0.3 is 4.74 Å². The third-order valence-electron chi connectivity index (χ3n) is 4.18. The van der Waals surface area contributed by atoms with Crippen LogP contribution in [0.2, 0.25) is 0 Å². The van der Waals surface area contributed by atoms with Crippen LogP contribution in [0.25, 0.3) is 0 Å². The van der Waals surface area contributed by atoms with Gasteiger partial charge in [0, 0.05) is 5.92 Å². The van der Waals surface area contributed by atoms with Crippen LogP contribution in [0.1, 0.15) is 33.1 Å². The lowest BCUT2D eigenvalue weighted by Gasteiger charge is -2.31. The van der Waals surface area contributed by atoms with E-state index >= 15 is 0 Å². The van der Waals surface area contributed by atoms with Gasteiger partial charge in [-0.05, 0) is 43.2 Å². The fourth-order valence-corrected chi connectivity index (χ4v) is 2.63. The van der Waals surface area contributed by atoms with Crippen LogP contribution in [-0.4, -0.2) is 12.4 Å². The number of ether oxygens (including phenoxy) is 1. The molecule has 1 aromatic rings. The number of hydrogen-bond donors (Lipinski definition) is 0. The summed E-state index contributed by atoms with van der Waals surface area (Å²) in [6.45, 7) is 4.75. The second-order valence-electron chi connectivity index (χ2n) is 5.53. The van der Waals surface area contributed by atoms with Gasteiger partial charge in [-0.25, -0.2) is 0 Å². The van der Waals surface area contributed by atoms with E-state index in [1.807, 2.05) is 30.3 Å². The van der Waals surface area contributed by atoms with Crippen molar-refractivity contribution in [2.75, 3.05) is 6.61 Å². The van der Waals surface area contributed by atoms with Gasteiger partial charge in [0.05, 0.1) is 0 Å². The minimum Gasteiger partial charge on any atom is -0.486 e. The van der Waals surface area contributed by atoms with Gasteiger partial charge in [0.2, 0.25) is 0 Å². The number of rotatable bonds is 4. The van der Waals surface area contributed by atoms with Crippen molar-refractivity contribution < 1.29 is 9.53 Å². The molecule has 2 heteroatoms. The zero-order valence-electron chi connectivity index (χ0n) is 11.3. The predicted molar refractivity (Wildman–Crippen MR) is 72.6 cm³/mol. The molecule has 1 fully saturated rings. The second-order valence-corrected chi connectivity index (χ2v) is 5.53. The topological polar surface area (TPSA) is 26.3 Å². The Morgan fingerprint density at radius 3 is 2.56 bits per heavy atom. The van der Waals surface area contributed by atoms with Crippen molar-refractivity contribution in [3.8, 4) is 5.75 Å². The highest BCUT2D eigenvalue weighted by atomic mass is 16.5. The maximum atomic E-state index is 12.1. The van der Waals surface area contributed by atoms with Gasteiger partial charge >= 0.3 is 0 Å². The maximum absolute atomic E-state index is 12.1. The first-order valence-corrected chi connectivity index (χ1v) is 6.87. The summed E-state index contributed by atoms with van der Waals surface area (Å²) in [4.78, 5) is 12.1. The number of benzene rings is 1. The molecule has 0 heterocycles. The van der Waals surface area contributed by atoms with Crippen LogP contribution in [0, 0.1) is 17.8 Å². The molecule has 0 aromatic heterocycles. The maximum Gasteiger partial charge on any atom is 0.173 e. The van der Waals surface area contributed by atoms with Crippen molar-refractivity contribution in [2.24, 2.45) is 17.8 Å². The largest absolute Gasteiger partial charge is 0.486 e. The van der Waals surface area contributed by atoms with Gasteiger partial charge in [0.15, 0.2) is 5.78 Å². The summed E-state index contributed by atoms with van der Waals surface area (Å²) in [5.74, 6) is 2.66. The average Bonchev–Trinajstić information content (AvgIpc) is 2.40. The molecular weight excluding hydrogens is 224 g/mol. The molecule has 0 amide bonds. The summed E-state index contributed by atoms with van der Waals surface area (Å²) in [6.07, 6.45) is 3.23. The molecule has 18 heavy (non-hydrogen) atoms. The molecule has 0 saturated heterocycles. The van der Waals surface area contributed by atoms with Gasteiger partial charge in [-0.3, -0.25) is 4.79 Å². The number of para-hydroxylation sites is 1. The van der Waals surface area contributed by atoms with Crippen molar-refractivity contribution in [3.63, 3.8) is 0 Å². The number of hydrogen-bond acceptors (Lipinski definition) is 2. The Bertz CT molecular complexity index is 385. The van der Waals surface area contributed by atoms with Crippen molar-refractivity contribution in [1.82, 2.24) is 0 Å². The normalized spacial score (nSPS) is 27.8. The summed E-state index contributed by atoms with van der Waals surface area (Å²) >= 11 is 0. The lowest BCUT2D eigenvalue weighted by atomic mass is 9.74. The Hall–Kier alpha value is -1.31. The zero-order chi connectivity index (χ0) is 13.0. The van der Waals surface area contributed by atoms with Crippen LogP contribution in [0.5, 0.6) is 5.75 Å². The molecule has 0 aliphatic heterocycles. The van der Waals surface area contributed by atoms with E-state index in [0.717, 1.165) is 24.5 Å². The van der Waals surface area contributed by atoms with E-state index in [-0.39, 0.29) is 18.3 Å². The van der Waals surface area contributed by atoms with Gasteiger partial charge in [0.25, 0.3) is 0 Å². The smallest absolute Gasteiger partial charge is 0.173 e. The van der Waals surface area contributed by atoms with E-state index in [2.05, 4.69) is 13.8 Å². The minimum absolute atomic E-state index is 0.208. The monoisotopic (exact) mass is 246 g/mol. The number of Topliss-reactive ketones (excluding diaryl/α,β-unsaturated/α-hetero) is 1. The first kappa shape index (κ1) is 13.1. The molecule has 0 spiro atoms. The van der Waals surface area contributed by atoms with Gasteiger partial charge in [0.1, 0.15) is 12.4 Å². The molecule has 0 bridgehead atoms. The number of carbonyl (C=O) groups is 1. The average molecular weight is 246 g/mol. The van der Waals surface area contributed by atoms with Gasteiger partial charge in [-0.15, -0.1) is 0 Å². The molecule has 2 rings (SSSR count). The molecule has 1 aliphatic rings.